The fourth-order valence-corrected chi connectivity index (χ4v) is 1.72. The van der Waals surface area contributed by atoms with Crippen LogP contribution in [0.1, 0.15) is 37.7 Å². The number of rotatable bonds is 9. The topological polar surface area (TPSA) is 67.6 Å². The number of ether oxygens (including phenoxy) is 1. The number of carbonyl (C=O) groups is 1. The lowest BCUT2D eigenvalue weighted by molar-refractivity contribution is 0.0519. The van der Waals surface area contributed by atoms with Gasteiger partial charge < -0.3 is 19.4 Å². The summed E-state index contributed by atoms with van der Waals surface area (Å²) in [5.41, 5.74) is 0.199. The molecular formula is C13H23N3O3. The van der Waals surface area contributed by atoms with Crippen LogP contribution in [0.3, 0.4) is 0 Å². The summed E-state index contributed by atoms with van der Waals surface area (Å²) in [5.74, 6) is -0.458. The fourth-order valence-electron chi connectivity index (χ4n) is 1.72. The van der Waals surface area contributed by atoms with E-state index in [9.17, 15) is 4.79 Å². The maximum atomic E-state index is 11.4. The highest BCUT2D eigenvalue weighted by Gasteiger charge is 2.12. The third-order valence-corrected chi connectivity index (χ3v) is 2.68. The van der Waals surface area contributed by atoms with E-state index in [0.29, 0.717) is 12.6 Å². The molecule has 6 nitrogen and oxygen atoms in total. The Bertz CT molecular complexity index is 379. The number of aromatic nitrogens is 1. The van der Waals surface area contributed by atoms with Gasteiger partial charge in [0.25, 0.3) is 6.01 Å². The highest BCUT2D eigenvalue weighted by atomic mass is 16.5. The van der Waals surface area contributed by atoms with Gasteiger partial charge >= 0.3 is 5.97 Å². The van der Waals surface area contributed by atoms with Gasteiger partial charge in [-0.05, 0) is 26.4 Å². The predicted octanol–water partition coefficient (Wildman–Crippen LogP) is 2.00. The lowest BCUT2D eigenvalue weighted by atomic mass is 10.4. The van der Waals surface area contributed by atoms with Crippen LogP contribution in [0, 0.1) is 0 Å². The lowest BCUT2D eigenvalue weighted by Gasteiger charge is -2.18. The zero-order valence-corrected chi connectivity index (χ0v) is 11.9. The molecule has 0 aliphatic rings. The van der Waals surface area contributed by atoms with Gasteiger partial charge in [-0.2, -0.15) is 4.98 Å². The molecule has 0 fully saturated rings. The van der Waals surface area contributed by atoms with E-state index < -0.39 is 5.97 Å². The molecule has 0 unspecified atom stereocenters. The highest BCUT2D eigenvalue weighted by Crippen LogP contribution is 2.08. The Labute approximate surface area is 114 Å². The van der Waals surface area contributed by atoms with Crippen molar-refractivity contribution in [1.29, 1.82) is 0 Å². The molecule has 1 aromatic heterocycles. The molecule has 0 aliphatic heterocycles. The molecule has 0 radical (unpaired) electrons. The van der Waals surface area contributed by atoms with Crippen molar-refractivity contribution in [3.05, 3.63) is 12.0 Å². The van der Waals surface area contributed by atoms with E-state index in [2.05, 4.69) is 29.0 Å². The maximum absolute atomic E-state index is 11.4. The van der Waals surface area contributed by atoms with Crippen molar-refractivity contribution in [3.63, 3.8) is 0 Å². The number of anilines is 1. The normalized spacial score (nSPS) is 10.7. The van der Waals surface area contributed by atoms with Gasteiger partial charge in [0.2, 0.25) is 0 Å². The van der Waals surface area contributed by atoms with Gasteiger partial charge in [-0.25, -0.2) is 4.79 Å². The first kappa shape index (κ1) is 15.5. The van der Waals surface area contributed by atoms with Crippen molar-refractivity contribution in [2.75, 3.05) is 38.1 Å². The van der Waals surface area contributed by atoms with Gasteiger partial charge in [-0.15, -0.1) is 0 Å². The van der Waals surface area contributed by atoms with Crippen molar-refractivity contribution in [3.8, 4) is 0 Å². The summed E-state index contributed by atoms with van der Waals surface area (Å²) in [4.78, 5) is 17.8. The molecular weight excluding hydrogens is 246 g/mol. The van der Waals surface area contributed by atoms with Crippen LogP contribution in [0.15, 0.2) is 10.7 Å². The second-order valence-corrected chi connectivity index (χ2v) is 4.12. The molecule has 1 N–H and O–H groups in total. The minimum atomic E-state index is -0.458. The first-order valence-electron chi connectivity index (χ1n) is 6.80. The minimum absolute atomic E-state index is 0.199. The van der Waals surface area contributed by atoms with Crippen LogP contribution in [-0.4, -0.2) is 48.6 Å². The summed E-state index contributed by atoms with van der Waals surface area (Å²) in [6, 6.07) is 0.357. The second kappa shape index (κ2) is 8.53. The Hall–Kier alpha value is -1.56. The van der Waals surface area contributed by atoms with Crippen molar-refractivity contribution >= 4 is 12.0 Å². The molecule has 0 bridgehead atoms. The average Bonchev–Trinajstić information content (AvgIpc) is 2.87. The smallest absolute Gasteiger partial charge is 0.360 e. The van der Waals surface area contributed by atoms with Crippen molar-refractivity contribution < 1.29 is 13.9 Å². The van der Waals surface area contributed by atoms with E-state index in [1.165, 1.54) is 6.26 Å². The number of hydrogen-bond donors (Lipinski definition) is 1. The Morgan fingerprint density at radius 3 is 2.84 bits per heavy atom. The molecule has 0 saturated carbocycles. The van der Waals surface area contributed by atoms with E-state index in [1.807, 2.05) is 0 Å². The largest absolute Gasteiger partial charge is 0.461 e. The van der Waals surface area contributed by atoms with E-state index in [1.54, 1.807) is 6.92 Å². The van der Waals surface area contributed by atoms with Crippen molar-refractivity contribution in [2.45, 2.75) is 27.2 Å². The SMILES string of the molecule is CCCN(CC)CCNc1nc(C(=O)OCC)co1. The van der Waals surface area contributed by atoms with E-state index >= 15 is 0 Å². The number of hydrogen-bond acceptors (Lipinski definition) is 6. The first-order chi connectivity index (χ1) is 9.21. The van der Waals surface area contributed by atoms with Gasteiger partial charge in [-0.1, -0.05) is 13.8 Å². The average molecular weight is 269 g/mol. The predicted molar refractivity (Wildman–Crippen MR) is 73.4 cm³/mol. The Balaban J connectivity index is 2.35. The lowest BCUT2D eigenvalue weighted by Crippen LogP contribution is -2.29. The summed E-state index contributed by atoms with van der Waals surface area (Å²) in [6.07, 6.45) is 2.45. The monoisotopic (exact) mass is 269 g/mol. The molecule has 0 atom stereocenters. The number of nitrogens with zero attached hydrogens (tertiary/aromatic N) is 2. The van der Waals surface area contributed by atoms with Gasteiger partial charge in [0.05, 0.1) is 6.61 Å². The Kier molecular flexibility index (Phi) is 6.95. The van der Waals surface area contributed by atoms with Crippen LogP contribution in [0.4, 0.5) is 6.01 Å². The minimum Gasteiger partial charge on any atom is -0.461 e. The number of oxazole rings is 1. The van der Waals surface area contributed by atoms with Crippen molar-refractivity contribution in [2.24, 2.45) is 0 Å². The number of esters is 1. The molecule has 0 saturated heterocycles. The number of nitrogens with one attached hydrogen (secondary N) is 1. The van der Waals surface area contributed by atoms with Crippen LogP contribution >= 0.6 is 0 Å². The third-order valence-electron chi connectivity index (χ3n) is 2.68. The Morgan fingerprint density at radius 2 is 2.21 bits per heavy atom. The van der Waals surface area contributed by atoms with E-state index in [0.717, 1.165) is 32.6 Å². The van der Waals surface area contributed by atoms with E-state index in [4.69, 9.17) is 9.15 Å². The van der Waals surface area contributed by atoms with Gasteiger partial charge in [0, 0.05) is 13.1 Å². The van der Waals surface area contributed by atoms with Crippen LogP contribution in [-0.2, 0) is 4.74 Å². The van der Waals surface area contributed by atoms with E-state index in [-0.39, 0.29) is 5.69 Å². The third kappa shape index (κ3) is 5.30. The molecule has 19 heavy (non-hydrogen) atoms. The summed E-state index contributed by atoms with van der Waals surface area (Å²) in [5, 5.41) is 3.06. The summed E-state index contributed by atoms with van der Waals surface area (Å²) >= 11 is 0. The molecule has 108 valence electrons. The summed E-state index contributed by atoms with van der Waals surface area (Å²) in [6.45, 7) is 10.1. The molecule has 6 heteroatoms. The summed E-state index contributed by atoms with van der Waals surface area (Å²) < 4.78 is 10.0. The zero-order chi connectivity index (χ0) is 14.1. The van der Waals surface area contributed by atoms with Crippen molar-refractivity contribution in [1.82, 2.24) is 9.88 Å². The van der Waals surface area contributed by atoms with Crippen LogP contribution in [0.25, 0.3) is 0 Å². The number of likely N-dealkylation sites (N-methyl/N-ethyl adjacent to an activating group) is 1. The first-order valence-corrected chi connectivity index (χ1v) is 6.80. The highest BCUT2D eigenvalue weighted by molar-refractivity contribution is 5.87. The van der Waals surface area contributed by atoms with Gasteiger partial charge in [0.1, 0.15) is 6.26 Å². The van der Waals surface area contributed by atoms with Gasteiger partial charge in [-0.3, -0.25) is 0 Å². The van der Waals surface area contributed by atoms with Crippen LogP contribution in [0.5, 0.6) is 0 Å². The second-order valence-electron chi connectivity index (χ2n) is 4.12. The molecule has 0 amide bonds. The fraction of sp³-hybridized carbons (Fsp3) is 0.692. The molecule has 0 aliphatic carbocycles. The Morgan fingerprint density at radius 1 is 1.42 bits per heavy atom. The zero-order valence-electron chi connectivity index (χ0n) is 11.9. The van der Waals surface area contributed by atoms with Gasteiger partial charge in [0.15, 0.2) is 5.69 Å². The number of carbonyl (C=O) groups excluding carboxylic acids is 1. The molecule has 1 heterocycles. The molecule has 1 rings (SSSR count). The summed E-state index contributed by atoms with van der Waals surface area (Å²) in [7, 11) is 0. The standard InChI is InChI=1S/C13H23N3O3/c1-4-8-16(5-2)9-7-14-13-15-11(10-19-13)12(17)18-6-3/h10H,4-9H2,1-3H3,(H,14,15). The quantitative estimate of drug-likeness (QED) is 0.692. The molecule has 1 aromatic rings. The maximum Gasteiger partial charge on any atom is 0.360 e. The van der Waals surface area contributed by atoms with Crippen LogP contribution in [0.2, 0.25) is 0 Å². The molecule has 0 spiro atoms. The van der Waals surface area contributed by atoms with Crippen LogP contribution < -0.4 is 5.32 Å². The molecule has 0 aromatic carbocycles.